The highest BCUT2D eigenvalue weighted by atomic mass is 16.5. The molecule has 0 amide bonds. The summed E-state index contributed by atoms with van der Waals surface area (Å²) in [5, 5.41) is 0. The molecule has 0 radical (unpaired) electrons. The summed E-state index contributed by atoms with van der Waals surface area (Å²) in [6, 6.07) is 0.382. The molecule has 1 aliphatic carbocycles. The van der Waals surface area contributed by atoms with Gasteiger partial charge in [0.25, 0.3) is 0 Å². The predicted molar refractivity (Wildman–Crippen MR) is 55.7 cm³/mol. The average Bonchev–Trinajstić information content (AvgIpc) is 2.04. The van der Waals surface area contributed by atoms with Crippen LogP contribution in [0.15, 0.2) is 0 Å². The van der Waals surface area contributed by atoms with Crippen LogP contribution < -0.4 is 5.73 Å². The first-order valence-corrected chi connectivity index (χ1v) is 5.63. The zero-order valence-electron chi connectivity index (χ0n) is 8.96. The quantitative estimate of drug-likeness (QED) is 0.730. The Hall–Kier alpha value is -0.0800. The summed E-state index contributed by atoms with van der Waals surface area (Å²) >= 11 is 0. The molecule has 1 saturated carbocycles. The second-order valence-electron chi connectivity index (χ2n) is 4.28. The van der Waals surface area contributed by atoms with E-state index in [4.69, 9.17) is 10.5 Å². The van der Waals surface area contributed by atoms with E-state index in [-0.39, 0.29) is 0 Å². The van der Waals surface area contributed by atoms with E-state index in [1.54, 1.807) is 0 Å². The molecule has 1 aliphatic rings. The van der Waals surface area contributed by atoms with E-state index in [2.05, 4.69) is 13.8 Å². The molecule has 0 spiro atoms. The molecule has 0 bridgehead atoms. The van der Waals surface area contributed by atoms with Crippen LogP contribution in [0.25, 0.3) is 0 Å². The Morgan fingerprint density at radius 2 is 2.23 bits per heavy atom. The second-order valence-corrected chi connectivity index (χ2v) is 4.28. The van der Waals surface area contributed by atoms with Crippen molar-refractivity contribution in [1.82, 2.24) is 0 Å². The standard InChI is InChI=1S/C11H23NO/c1-3-5-9(2)13-11-7-4-6-10(12)8-11/h9-11H,3-8,12H2,1-2H3. The fraction of sp³-hybridized carbons (Fsp3) is 1.00. The molecule has 3 atom stereocenters. The molecule has 0 aromatic rings. The Morgan fingerprint density at radius 3 is 2.85 bits per heavy atom. The Kier molecular flexibility index (Phi) is 4.74. The van der Waals surface area contributed by atoms with Crippen molar-refractivity contribution in [2.24, 2.45) is 5.73 Å². The highest BCUT2D eigenvalue weighted by molar-refractivity contribution is 4.76. The van der Waals surface area contributed by atoms with Crippen molar-refractivity contribution in [2.45, 2.75) is 70.6 Å². The number of nitrogens with two attached hydrogens (primary N) is 1. The minimum absolute atomic E-state index is 0.382. The Morgan fingerprint density at radius 1 is 1.46 bits per heavy atom. The van der Waals surface area contributed by atoms with Crippen molar-refractivity contribution < 1.29 is 4.74 Å². The van der Waals surface area contributed by atoms with Gasteiger partial charge in [-0.15, -0.1) is 0 Å². The molecular formula is C11H23NO. The van der Waals surface area contributed by atoms with Gasteiger partial charge in [-0.1, -0.05) is 13.3 Å². The zero-order valence-corrected chi connectivity index (χ0v) is 8.96. The van der Waals surface area contributed by atoms with Crippen LogP contribution in [0.5, 0.6) is 0 Å². The third kappa shape index (κ3) is 4.10. The van der Waals surface area contributed by atoms with Gasteiger partial charge in [0.2, 0.25) is 0 Å². The van der Waals surface area contributed by atoms with Gasteiger partial charge in [0.1, 0.15) is 0 Å². The lowest BCUT2D eigenvalue weighted by Gasteiger charge is -2.29. The molecule has 0 aliphatic heterocycles. The molecule has 2 nitrogen and oxygen atoms in total. The summed E-state index contributed by atoms with van der Waals surface area (Å²) in [5.41, 5.74) is 5.89. The molecule has 78 valence electrons. The van der Waals surface area contributed by atoms with E-state index in [9.17, 15) is 0 Å². The van der Waals surface area contributed by atoms with Crippen LogP contribution in [-0.4, -0.2) is 18.2 Å². The first kappa shape index (κ1) is 11.0. The highest BCUT2D eigenvalue weighted by Crippen LogP contribution is 2.21. The predicted octanol–water partition coefficient (Wildman–Crippen LogP) is 2.46. The first-order chi connectivity index (χ1) is 6.22. The fourth-order valence-electron chi connectivity index (χ4n) is 2.11. The molecule has 13 heavy (non-hydrogen) atoms. The Bertz CT molecular complexity index is 138. The summed E-state index contributed by atoms with van der Waals surface area (Å²) in [7, 11) is 0. The van der Waals surface area contributed by atoms with E-state index < -0.39 is 0 Å². The second kappa shape index (κ2) is 5.61. The zero-order chi connectivity index (χ0) is 9.68. The van der Waals surface area contributed by atoms with Crippen molar-refractivity contribution in [2.75, 3.05) is 0 Å². The summed E-state index contributed by atoms with van der Waals surface area (Å²) in [6.45, 7) is 4.37. The maximum Gasteiger partial charge on any atom is 0.0593 e. The van der Waals surface area contributed by atoms with Crippen LogP contribution in [0.2, 0.25) is 0 Å². The monoisotopic (exact) mass is 185 g/mol. The minimum Gasteiger partial charge on any atom is -0.375 e. The van der Waals surface area contributed by atoms with Gasteiger partial charge < -0.3 is 10.5 Å². The van der Waals surface area contributed by atoms with Gasteiger partial charge in [0.05, 0.1) is 12.2 Å². The van der Waals surface area contributed by atoms with E-state index >= 15 is 0 Å². The molecule has 2 heteroatoms. The first-order valence-electron chi connectivity index (χ1n) is 5.63. The lowest BCUT2D eigenvalue weighted by molar-refractivity contribution is -0.0277. The third-order valence-corrected chi connectivity index (χ3v) is 2.79. The summed E-state index contributed by atoms with van der Waals surface area (Å²) in [4.78, 5) is 0. The summed E-state index contributed by atoms with van der Waals surface area (Å²) in [6.07, 6.45) is 7.93. The number of ether oxygens (including phenoxy) is 1. The smallest absolute Gasteiger partial charge is 0.0593 e. The van der Waals surface area contributed by atoms with Crippen LogP contribution >= 0.6 is 0 Å². The van der Waals surface area contributed by atoms with Crippen LogP contribution in [0.1, 0.15) is 52.4 Å². The van der Waals surface area contributed by atoms with Gasteiger partial charge in [0.15, 0.2) is 0 Å². The maximum atomic E-state index is 5.92. The van der Waals surface area contributed by atoms with Crippen molar-refractivity contribution in [3.63, 3.8) is 0 Å². The largest absolute Gasteiger partial charge is 0.375 e. The van der Waals surface area contributed by atoms with Crippen LogP contribution in [0.4, 0.5) is 0 Å². The molecule has 1 fully saturated rings. The molecular weight excluding hydrogens is 162 g/mol. The molecule has 1 rings (SSSR count). The minimum atomic E-state index is 0.382. The third-order valence-electron chi connectivity index (χ3n) is 2.79. The average molecular weight is 185 g/mol. The number of rotatable bonds is 4. The van der Waals surface area contributed by atoms with E-state index in [1.165, 1.54) is 32.1 Å². The van der Waals surface area contributed by atoms with Gasteiger partial charge in [0, 0.05) is 6.04 Å². The Labute approximate surface area is 81.8 Å². The van der Waals surface area contributed by atoms with Crippen molar-refractivity contribution in [3.05, 3.63) is 0 Å². The van der Waals surface area contributed by atoms with Gasteiger partial charge >= 0.3 is 0 Å². The normalized spacial score (nSPS) is 31.6. The lowest BCUT2D eigenvalue weighted by Crippen LogP contribution is -2.33. The van der Waals surface area contributed by atoms with Crippen LogP contribution in [0.3, 0.4) is 0 Å². The SMILES string of the molecule is CCCC(C)OC1CCCC(N)C1. The Balaban J connectivity index is 2.19. The van der Waals surface area contributed by atoms with Crippen molar-refractivity contribution in [1.29, 1.82) is 0 Å². The van der Waals surface area contributed by atoms with Crippen molar-refractivity contribution in [3.8, 4) is 0 Å². The molecule has 0 aromatic heterocycles. The van der Waals surface area contributed by atoms with E-state index in [0.29, 0.717) is 18.2 Å². The van der Waals surface area contributed by atoms with Crippen molar-refractivity contribution >= 4 is 0 Å². The molecule has 0 saturated heterocycles. The summed E-state index contributed by atoms with van der Waals surface area (Å²) in [5.74, 6) is 0. The molecule has 3 unspecified atom stereocenters. The van der Waals surface area contributed by atoms with E-state index in [1.807, 2.05) is 0 Å². The van der Waals surface area contributed by atoms with Crippen LogP contribution in [0, 0.1) is 0 Å². The van der Waals surface area contributed by atoms with Gasteiger partial charge in [-0.05, 0) is 39.0 Å². The van der Waals surface area contributed by atoms with Gasteiger partial charge in [-0.25, -0.2) is 0 Å². The maximum absolute atomic E-state index is 5.92. The van der Waals surface area contributed by atoms with Gasteiger partial charge in [-0.2, -0.15) is 0 Å². The molecule has 0 heterocycles. The number of hydrogen-bond acceptors (Lipinski definition) is 2. The fourth-order valence-corrected chi connectivity index (χ4v) is 2.11. The lowest BCUT2D eigenvalue weighted by atomic mass is 9.93. The molecule has 0 aromatic carbocycles. The number of hydrogen-bond donors (Lipinski definition) is 1. The highest BCUT2D eigenvalue weighted by Gasteiger charge is 2.20. The topological polar surface area (TPSA) is 35.2 Å². The van der Waals surface area contributed by atoms with Gasteiger partial charge in [-0.3, -0.25) is 0 Å². The molecule has 2 N–H and O–H groups in total. The van der Waals surface area contributed by atoms with Crippen LogP contribution in [-0.2, 0) is 4.74 Å². The van der Waals surface area contributed by atoms with E-state index in [0.717, 1.165) is 6.42 Å². The summed E-state index contributed by atoms with van der Waals surface area (Å²) < 4.78 is 5.92.